The van der Waals surface area contributed by atoms with Gasteiger partial charge in [0.1, 0.15) is 0 Å². The average Bonchev–Trinajstić information content (AvgIpc) is 2.38. The molecule has 2 N–H and O–H groups in total. The molecule has 3 atom stereocenters. The molecule has 76 valence electrons. The first-order valence-corrected chi connectivity index (χ1v) is 4.77. The molecule has 2 rings (SSSR count). The maximum atomic E-state index is 13.5. The summed E-state index contributed by atoms with van der Waals surface area (Å²) in [5.74, 6) is -1.34. The van der Waals surface area contributed by atoms with Gasteiger partial charge < -0.3 is 5.73 Å². The molecule has 0 bridgehead atoms. The predicted octanol–water partition coefficient (Wildman–Crippen LogP) is 2.72. The maximum Gasteiger partial charge on any atom is 0.162 e. The van der Waals surface area contributed by atoms with Crippen LogP contribution in [0.15, 0.2) is 12.1 Å². The van der Waals surface area contributed by atoms with Crippen molar-refractivity contribution in [1.82, 2.24) is 0 Å². The van der Waals surface area contributed by atoms with Gasteiger partial charge in [-0.25, -0.2) is 8.78 Å². The Bertz CT molecular complexity index is 376. The molecule has 3 heteroatoms. The lowest BCUT2D eigenvalue weighted by molar-refractivity contribution is 0.438. The van der Waals surface area contributed by atoms with Crippen molar-refractivity contribution in [2.24, 2.45) is 11.7 Å². The van der Waals surface area contributed by atoms with Crippen LogP contribution in [-0.2, 0) is 0 Å². The first kappa shape index (κ1) is 9.59. The van der Waals surface area contributed by atoms with Gasteiger partial charge in [-0.3, -0.25) is 0 Å². The second-order valence-electron chi connectivity index (χ2n) is 4.04. The molecular formula is C11H13F2N. The summed E-state index contributed by atoms with van der Waals surface area (Å²) in [7, 11) is 0. The Morgan fingerprint density at radius 3 is 2.50 bits per heavy atom. The fourth-order valence-corrected chi connectivity index (χ4v) is 2.19. The van der Waals surface area contributed by atoms with Crippen molar-refractivity contribution in [3.8, 4) is 0 Å². The number of rotatable bonds is 0. The van der Waals surface area contributed by atoms with Gasteiger partial charge in [-0.2, -0.15) is 0 Å². The van der Waals surface area contributed by atoms with E-state index >= 15 is 0 Å². The third-order valence-corrected chi connectivity index (χ3v) is 3.34. The molecule has 14 heavy (non-hydrogen) atoms. The van der Waals surface area contributed by atoms with Gasteiger partial charge in [0, 0.05) is 6.04 Å². The van der Waals surface area contributed by atoms with Crippen LogP contribution in [0.4, 0.5) is 8.78 Å². The highest BCUT2D eigenvalue weighted by Gasteiger charge is 2.35. The van der Waals surface area contributed by atoms with E-state index in [-0.39, 0.29) is 17.9 Å². The lowest BCUT2D eigenvalue weighted by Gasteiger charge is -2.13. The second-order valence-corrected chi connectivity index (χ2v) is 4.04. The monoisotopic (exact) mass is 197 g/mol. The molecule has 0 radical (unpaired) electrons. The van der Waals surface area contributed by atoms with Crippen molar-refractivity contribution < 1.29 is 8.78 Å². The third kappa shape index (κ3) is 1.08. The van der Waals surface area contributed by atoms with Crippen LogP contribution in [0.5, 0.6) is 0 Å². The Kier molecular flexibility index (Phi) is 2.07. The molecule has 0 amide bonds. The summed E-state index contributed by atoms with van der Waals surface area (Å²) in [6.45, 7) is 3.85. The largest absolute Gasteiger partial charge is 0.324 e. The van der Waals surface area contributed by atoms with E-state index in [0.29, 0.717) is 5.56 Å². The smallest absolute Gasteiger partial charge is 0.162 e. The molecule has 0 aromatic heterocycles. The van der Waals surface area contributed by atoms with Crippen molar-refractivity contribution in [1.29, 1.82) is 0 Å². The zero-order valence-electron chi connectivity index (χ0n) is 8.22. The fraction of sp³-hybridized carbons (Fsp3) is 0.455. The number of benzene rings is 1. The van der Waals surface area contributed by atoms with Gasteiger partial charge in [-0.1, -0.05) is 19.9 Å². The number of hydrogen-bond acceptors (Lipinski definition) is 1. The first-order chi connectivity index (χ1) is 6.54. The van der Waals surface area contributed by atoms with Gasteiger partial charge >= 0.3 is 0 Å². The van der Waals surface area contributed by atoms with E-state index in [9.17, 15) is 8.78 Å². The Hall–Kier alpha value is -0.960. The first-order valence-electron chi connectivity index (χ1n) is 4.77. The summed E-state index contributed by atoms with van der Waals surface area (Å²) in [6, 6.07) is 2.58. The topological polar surface area (TPSA) is 26.0 Å². The van der Waals surface area contributed by atoms with E-state index in [1.807, 2.05) is 13.8 Å². The van der Waals surface area contributed by atoms with E-state index < -0.39 is 11.6 Å². The number of nitrogens with two attached hydrogens (primary N) is 1. The minimum absolute atomic E-state index is 0.00398. The number of fused-ring (bicyclic) bond motifs is 1. The third-order valence-electron chi connectivity index (χ3n) is 3.34. The van der Waals surface area contributed by atoms with E-state index in [4.69, 9.17) is 5.73 Å². The Labute approximate surface area is 81.9 Å². The summed E-state index contributed by atoms with van der Waals surface area (Å²) >= 11 is 0. The maximum absolute atomic E-state index is 13.5. The highest BCUT2D eigenvalue weighted by Crippen LogP contribution is 2.44. The van der Waals surface area contributed by atoms with E-state index in [0.717, 1.165) is 11.6 Å². The average molecular weight is 197 g/mol. The molecule has 0 fully saturated rings. The van der Waals surface area contributed by atoms with Gasteiger partial charge in [-0.15, -0.1) is 0 Å². The minimum Gasteiger partial charge on any atom is -0.324 e. The molecule has 1 aromatic carbocycles. The summed E-state index contributed by atoms with van der Waals surface area (Å²) in [5, 5.41) is 0. The molecule has 0 spiro atoms. The van der Waals surface area contributed by atoms with Crippen molar-refractivity contribution in [3.05, 3.63) is 34.9 Å². The number of hydrogen-bond donors (Lipinski definition) is 1. The van der Waals surface area contributed by atoms with Gasteiger partial charge in [-0.05, 0) is 29.0 Å². The molecule has 1 aliphatic carbocycles. The minimum atomic E-state index is -0.781. The molecule has 0 heterocycles. The molecule has 0 aliphatic heterocycles. The van der Waals surface area contributed by atoms with Crippen LogP contribution in [0.3, 0.4) is 0 Å². The summed E-state index contributed by atoms with van der Waals surface area (Å²) in [5.41, 5.74) is 7.13. The summed E-state index contributed by atoms with van der Waals surface area (Å²) in [4.78, 5) is 0. The quantitative estimate of drug-likeness (QED) is 0.680. The Morgan fingerprint density at radius 1 is 1.21 bits per heavy atom. The van der Waals surface area contributed by atoms with Crippen molar-refractivity contribution in [3.63, 3.8) is 0 Å². The van der Waals surface area contributed by atoms with Crippen LogP contribution in [0.1, 0.15) is 36.9 Å². The fourth-order valence-electron chi connectivity index (χ4n) is 2.19. The van der Waals surface area contributed by atoms with Crippen LogP contribution in [0.2, 0.25) is 0 Å². The van der Waals surface area contributed by atoms with Gasteiger partial charge in [0.15, 0.2) is 11.6 Å². The Balaban J connectivity index is 2.64. The molecule has 0 saturated carbocycles. The van der Waals surface area contributed by atoms with Crippen LogP contribution in [0.25, 0.3) is 0 Å². The summed E-state index contributed by atoms with van der Waals surface area (Å²) in [6.07, 6.45) is 0. The highest BCUT2D eigenvalue weighted by molar-refractivity contribution is 5.40. The van der Waals surface area contributed by atoms with Crippen molar-refractivity contribution >= 4 is 0 Å². The van der Waals surface area contributed by atoms with Crippen molar-refractivity contribution in [2.75, 3.05) is 0 Å². The molecule has 3 unspecified atom stereocenters. The predicted molar refractivity (Wildman–Crippen MR) is 50.9 cm³/mol. The molecular weight excluding hydrogens is 184 g/mol. The van der Waals surface area contributed by atoms with Gasteiger partial charge in [0.2, 0.25) is 0 Å². The molecule has 1 aliphatic rings. The molecule has 1 aromatic rings. The zero-order chi connectivity index (χ0) is 10.5. The Morgan fingerprint density at radius 2 is 1.86 bits per heavy atom. The van der Waals surface area contributed by atoms with Gasteiger partial charge in [0.25, 0.3) is 0 Å². The van der Waals surface area contributed by atoms with E-state index in [2.05, 4.69) is 0 Å². The molecule has 1 nitrogen and oxygen atoms in total. The molecule has 0 saturated heterocycles. The van der Waals surface area contributed by atoms with Crippen LogP contribution < -0.4 is 5.73 Å². The van der Waals surface area contributed by atoms with Crippen LogP contribution >= 0.6 is 0 Å². The lowest BCUT2D eigenvalue weighted by atomic mass is 9.95. The zero-order valence-corrected chi connectivity index (χ0v) is 8.22. The van der Waals surface area contributed by atoms with E-state index in [1.165, 1.54) is 0 Å². The SMILES string of the molecule is CC1c2c(ccc(F)c2F)C(N)C1C. The second kappa shape index (κ2) is 3.02. The normalized spacial score (nSPS) is 30.5. The van der Waals surface area contributed by atoms with Crippen LogP contribution in [-0.4, -0.2) is 0 Å². The van der Waals surface area contributed by atoms with E-state index in [1.54, 1.807) is 6.07 Å². The van der Waals surface area contributed by atoms with Crippen LogP contribution in [0, 0.1) is 17.6 Å². The summed E-state index contributed by atoms with van der Waals surface area (Å²) < 4.78 is 26.5. The standard InChI is InChI=1S/C11H13F2N/c1-5-6(2)11(14)7-3-4-8(12)10(13)9(5)7/h3-6,11H,14H2,1-2H3. The highest BCUT2D eigenvalue weighted by atomic mass is 19.2. The lowest BCUT2D eigenvalue weighted by Crippen LogP contribution is -2.14. The van der Waals surface area contributed by atoms with Crippen molar-refractivity contribution in [2.45, 2.75) is 25.8 Å². The number of halogens is 2. The van der Waals surface area contributed by atoms with Gasteiger partial charge in [0.05, 0.1) is 0 Å².